The molecule has 0 aliphatic heterocycles. The lowest BCUT2D eigenvalue weighted by molar-refractivity contribution is -0.132. The number of thioether (sulfide) groups is 1. The van der Waals surface area contributed by atoms with E-state index in [1.807, 2.05) is 74.5 Å². The zero-order valence-electron chi connectivity index (χ0n) is 20.8. The maximum Gasteiger partial charge on any atom is 0.245 e. The first-order chi connectivity index (χ1) is 17.9. The van der Waals surface area contributed by atoms with E-state index in [-0.39, 0.29) is 35.8 Å². The number of benzene rings is 3. The van der Waals surface area contributed by atoms with Gasteiger partial charge in [-0.15, -0.1) is 11.8 Å². The number of hydrogen-bond acceptors (Lipinski definition) is 4. The van der Waals surface area contributed by atoms with Crippen LogP contribution in [0, 0.1) is 11.7 Å². The Morgan fingerprint density at radius 2 is 1.62 bits per heavy atom. The van der Waals surface area contributed by atoms with Gasteiger partial charge in [-0.25, -0.2) is 9.07 Å². The summed E-state index contributed by atoms with van der Waals surface area (Å²) < 4.78 is 15.1. The van der Waals surface area contributed by atoms with Gasteiger partial charge in [-0.3, -0.25) is 9.59 Å². The molecule has 0 saturated carbocycles. The second-order valence-electron chi connectivity index (χ2n) is 8.99. The average molecular weight is 517 g/mol. The topological polar surface area (TPSA) is 67.2 Å². The van der Waals surface area contributed by atoms with Gasteiger partial charge in [-0.2, -0.15) is 5.10 Å². The molecule has 0 spiro atoms. The monoisotopic (exact) mass is 516 g/mol. The maximum absolute atomic E-state index is 13.5. The molecule has 0 radical (unpaired) electrons. The van der Waals surface area contributed by atoms with Gasteiger partial charge in [0.2, 0.25) is 11.8 Å². The lowest BCUT2D eigenvalue weighted by atomic mass is 10.1. The van der Waals surface area contributed by atoms with Crippen molar-refractivity contribution in [3.05, 3.63) is 96.8 Å². The van der Waals surface area contributed by atoms with Crippen LogP contribution in [-0.2, 0) is 9.59 Å². The Balaban J connectivity index is 1.52. The molecule has 6 nitrogen and oxygen atoms in total. The van der Waals surface area contributed by atoms with Crippen LogP contribution in [0.1, 0.15) is 13.8 Å². The average Bonchev–Trinajstić information content (AvgIpc) is 3.31. The molecule has 190 valence electrons. The number of aromatic nitrogens is 2. The molecule has 4 rings (SSSR count). The molecule has 2 amide bonds. The Bertz CT molecular complexity index is 1330. The van der Waals surface area contributed by atoms with E-state index in [1.165, 1.54) is 23.9 Å². The zero-order valence-corrected chi connectivity index (χ0v) is 21.6. The van der Waals surface area contributed by atoms with E-state index in [4.69, 9.17) is 0 Å². The first-order valence-corrected chi connectivity index (χ1v) is 13.0. The molecule has 1 heterocycles. The summed E-state index contributed by atoms with van der Waals surface area (Å²) in [6.07, 6.45) is 0. The van der Waals surface area contributed by atoms with Gasteiger partial charge in [0.15, 0.2) is 0 Å². The molecular weight excluding hydrogens is 487 g/mol. The Morgan fingerprint density at radius 1 is 0.973 bits per heavy atom. The summed E-state index contributed by atoms with van der Waals surface area (Å²) in [7, 11) is 0. The quantitative estimate of drug-likeness (QED) is 0.267. The third-order valence-electron chi connectivity index (χ3n) is 5.50. The number of hydrogen-bond donors (Lipinski definition) is 1. The number of amides is 2. The minimum atomic E-state index is -0.360. The third-order valence-corrected chi connectivity index (χ3v) is 6.49. The van der Waals surface area contributed by atoms with Crippen LogP contribution in [0.2, 0.25) is 0 Å². The summed E-state index contributed by atoms with van der Waals surface area (Å²) in [4.78, 5) is 28.8. The molecule has 1 N–H and O–H groups in total. The van der Waals surface area contributed by atoms with Gasteiger partial charge in [0, 0.05) is 23.1 Å². The van der Waals surface area contributed by atoms with E-state index in [2.05, 4.69) is 10.4 Å². The van der Waals surface area contributed by atoms with Gasteiger partial charge in [0.05, 0.1) is 23.7 Å². The van der Waals surface area contributed by atoms with Gasteiger partial charge in [-0.05, 0) is 42.3 Å². The fraction of sp³-hybridized carbons (Fsp3) is 0.207. The van der Waals surface area contributed by atoms with Crippen molar-refractivity contribution < 1.29 is 14.0 Å². The molecule has 0 bridgehead atoms. The van der Waals surface area contributed by atoms with Crippen molar-refractivity contribution in [1.82, 2.24) is 14.7 Å². The molecule has 0 fully saturated rings. The fourth-order valence-electron chi connectivity index (χ4n) is 3.80. The molecule has 8 heteroatoms. The number of halogens is 1. The first-order valence-electron chi connectivity index (χ1n) is 12.1. The fourth-order valence-corrected chi connectivity index (χ4v) is 4.63. The van der Waals surface area contributed by atoms with Gasteiger partial charge in [0.25, 0.3) is 0 Å². The number of nitrogens with one attached hydrogen (secondary N) is 1. The van der Waals surface area contributed by atoms with E-state index in [1.54, 1.807) is 27.8 Å². The van der Waals surface area contributed by atoms with Crippen LogP contribution in [0.5, 0.6) is 0 Å². The Morgan fingerprint density at radius 3 is 2.27 bits per heavy atom. The normalized spacial score (nSPS) is 10.9. The lowest BCUT2D eigenvalue weighted by Gasteiger charge is -2.24. The molecular formula is C29H29FN4O2S. The standard InChI is InChI=1S/C29H29FN4O2S/c1-21(2)18-33(29(36)20-37-25-11-7-4-8-12-25)19-28(35)31-27-17-26(22-9-5-3-6-10-22)32-34(27)24-15-13-23(30)14-16-24/h3-17,21H,18-20H2,1-2H3,(H,31,35). The van der Waals surface area contributed by atoms with Gasteiger partial charge >= 0.3 is 0 Å². The third kappa shape index (κ3) is 7.30. The number of carbonyl (C=O) groups excluding carboxylic acids is 2. The van der Waals surface area contributed by atoms with E-state index in [0.29, 0.717) is 23.7 Å². The molecule has 37 heavy (non-hydrogen) atoms. The summed E-state index contributed by atoms with van der Waals surface area (Å²) in [5.41, 5.74) is 2.15. The maximum atomic E-state index is 13.5. The van der Waals surface area contributed by atoms with Crippen molar-refractivity contribution in [1.29, 1.82) is 0 Å². The van der Waals surface area contributed by atoms with Gasteiger partial charge in [0.1, 0.15) is 11.6 Å². The predicted octanol–water partition coefficient (Wildman–Crippen LogP) is 5.89. The highest BCUT2D eigenvalue weighted by atomic mass is 32.2. The molecule has 3 aromatic carbocycles. The van der Waals surface area contributed by atoms with Gasteiger partial charge in [-0.1, -0.05) is 62.4 Å². The molecule has 0 atom stereocenters. The minimum Gasteiger partial charge on any atom is -0.332 e. The zero-order chi connectivity index (χ0) is 26.2. The van der Waals surface area contributed by atoms with Crippen molar-refractivity contribution in [2.75, 3.05) is 24.2 Å². The van der Waals surface area contributed by atoms with E-state index in [0.717, 1.165) is 10.5 Å². The second-order valence-corrected chi connectivity index (χ2v) is 10.0. The highest BCUT2D eigenvalue weighted by Crippen LogP contribution is 2.25. The number of carbonyl (C=O) groups is 2. The molecule has 0 aliphatic carbocycles. The summed E-state index contributed by atoms with van der Waals surface area (Å²) >= 11 is 1.45. The predicted molar refractivity (Wildman–Crippen MR) is 146 cm³/mol. The summed E-state index contributed by atoms with van der Waals surface area (Å²) in [5, 5.41) is 7.57. The minimum absolute atomic E-state index is 0.0817. The second kappa shape index (κ2) is 12.4. The van der Waals surface area contributed by atoms with E-state index in [9.17, 15) is 14.0 Å². The smallest absolute Gasteiger partial charge is 0.245 e. The van der Waals surface area contributed by atoms with Crippen LogP contribution in [0.25, 0.3) is 16.9 Å². The summed E-state index contributed by atoms with van der Waals surface area (Å²) in [5.74, 6) is 0.0895. The molecule has 0 saturated heterocycles. The number of nitrogens with zero attached hydrogens (tertiary/aromatic N) is 3. The molecule has 4 aromatic rings. The van der Waals surface area contributed by atoms with Crippen LogP contribution in [0.15, 0.2) is 95.9 Å². The Labute approximate surface area is 220 Å². The summed E-state index contributed by atoms with van der Waals surface area (Å²) in [6.45, 7) is 4.41. The van der Waals surface area contributed by atoms with Crippen LogP contribution < -0.4 is 5.32 Å². The van der Waals surface area contributed by atoms with Crippen molar-refractivity contribution in [3.63, 3.8) is 0 Å². The molecule has 0 aliphatic rings. The SMILES string of the molecule is CC(C)CN(CC(=O)Nc1cc(-c2ccccc2)nn1-c1ccc(F)cc1)C(=O)CSc1ccccc1. The number of anilines is 1. The largest absolute Gasteiger partial charge is 0.332 e. The van der Waals surface area contributed by atoms with Crippen molar-refractivity contribution in [2.45, 2.75) is 18.7 Å². The molecule has 0 unspecified atom stereocenters. The van der Waals surface area contributed by atoms with Crippen molar-refractivity contribution in [2.24, 2.45) is 5.92 Å². The van der Waals surface area contributed by atoms with Crippen LogP contribution in [-0.4, -0.2) is 45.3 Å². The summed E-state index contributed by atoms with van der Waals surface area (Å²) in [6, 6.07) is 27.0. The van der Waals surface area contributed by atoms with Crippen molar-refractivity contribution >= 4 is 29.4 Å². The highest BCUT2D eigenvalue weighted by molar-refractivity contribution is 8.00. The van der Waals surface area contributed by atoms with Gasteiger partial charge < -0.3 is 10.2 Å². The van der Waals surface area contributed by atoms with Crippen LogP contribution in [0.3, 0.4) is 0 Å². The first kappa shape index (κ1) is 26.2. The Hall–Kier alpha value is -3.91. The van der Waals surface area contributed by atoms with Crippen LogP contribution in [0.4, 0.5) is 10.2 Å². The molecule has 1 aromatic heterocycles. The lowest BCUT2D eigenvalue weighted by Crippen LogP contribution is -2.41. The van der Waals surface area contributed by atoms with E-state index < -0.39 is 0 Å². The Kier molecular flexibility index (Phi) is 8.74. The van der Waals surface area contributed by atoms with Crippen LogP contribution >= 0.6 is 11.8 Å². The van der Waals surface area contributed by atoms with Crippen molar-refractivity contribution in [3.8, 4) is 16.9 Å². The number of rotatable bonds is 10. The highest BCUT2D eigenvalue weighted by Gasteiger charge is 2.20. The van der Waals surface area contributed by atoms with E-state index >= 15 is 0 Å².